The van der Waals surface area contributed by atoms with Crippen LogP contribution in [0.15, 0.2) is 60.7 Å². The highest BCUT2D eigenvalue weighted by molar-refractivity contribution is 5.69. The molecular weight excluding hydrogens is 442 g/mol. The molecular formula is C29H35NO5. The zero-order chi connectivity index (χ0) is 24.0. The van der Waals surface area contributed by atoms with E-state index in [1.54, 1.807) is 0 Å². The van der Waals surface area contributed by atoms with E-state index in [2.05, 4.69) is 0 Å². The first-order valence-corrected chi connectivity index (χ1v) is 13.0. The van der Waals surface area contributed by atoms with E-state index in [0.29, 0.717) is 31.5 Å². The van der Waals surface area contributed by atoms with Gasteiger partial charge in [0.25, 0.3) is 0 Å². The van der Waals surface area contributed by atoms with Crippen LogP contribution in [0.4, 0.5) is 4.79 Å². The first-order valence-electron chi connectivity index (χ1n) is 13.0. The lowest BCUT2D eigenvalue weighted by Crippen LogP contribution is -2.43. The van der Waals surface area contributed by atoms with Crippen molar-refractivity contribution in [2.45, 2.75) is 76.4 Å². The maximum Gasteiger partial charge on any atom is 0.410 e. The zero-order valence-corrected chi connectivity index (χ0v) is 20.2. The Bertz CT molecular complexity index is 973. The highest BCUT2D eigenvalue weighted by atomic mass is 16.6. The van der Waals surface area contributed by atoms with Gasteiger partial charge in [0.1, 0.15) is 13.2 Å². The van der Waals surface area contributed by atoms with Gasteiger partial charge in [-0.2, -0.15) is 0 Å². The smallest absolute Gasteiger partial charge is 0.410 e. The van der Waals surface area contributed by atoms with Gasteiger partial charge in [0.15, 0.2) is 0 Å². The number of piperidine rings is 1. The summed E-state index contributed by atoms with van der Waals surface area (Å²) < 4.78 is 17.5. The third-order valence-corrected chi connectivity index (χ3v) is 7.78. The van der Waals surface area contributed by atoms with Crippen LogP contribution in [0.25, 0.3) is 0 Å². The maximum absolute atomic E-state index is 12.6. The highest BCUT2D eigenvalue weighted by Gasteiger charge is 2.48. The predicted molar refractivity (Wildman–Crippen MR) is 131 cm³/mol. The number of esters is 1. The molecule has 3 fully saturated rings. The van der Waals surface area contributed by atoms with Crippen LogP contribution in [-0.2, 0) is 32.2 Å². The van der Waals surface area contributed by atoms with Crippen molar-refractivity contribution < 1.29 is 23.8 Å². The second kappa shape index (κ2) is 11.3. The third kappa shape index (κ3) is 6.23. The number of rotatable bonds is 8. The van der Waals surface area contributed by atoms with E-state index in [1.807, 2.05) is 65.6 Å². The molecule has 0 aromatic heterocycles. The summed E-state index contributed by atoms with van der Waals surface area (Å²) in [5, 5.41) is 0. The van der Waals surface area contributed by atoms with Crippen LogP contribution in [-0.4, -0.2) is 41.8 Å². The van der Waals surface area contributed by atoms with Crippen molar-refractivity contribution in [1.82, 2.24) is 4.90 Å². The second-order valence-corrected chi connectivity index (χ2v) is 10.2. The van der Waals surface area contributed by atoms with Crippen LogP contribution in [0, 0.1) is 11.8 Å². The van der Waals surface area contributed by atoms with Gasteiger partial charge < -0.3 is 19.1 Å². The van der Waals surface area contributed by atoms with Gasteiger partial charge in [-0.25, -0.2) is 4.79 Å². The van der Waals surface area contributed by atoms with E-state index in [0.717, 1.165) is 56.2 Å². The molecule has 2 saturated carbocycles. The van der Waals surface area contributed by atoms with Crippen molar-refractivity contribution in [3.05, 3.63) is 71.8 Å². The molecule has 1 aliphatic heterocycles. The molecule has 186 valence electrons. The Morgan fingerprint density at radius 3 is 2.03 bits per heavy atom. The molecule has 6 heteroatoms. The molecule has 0 radical (unpaired) electrons. The van der Waals surface area contributed by atoms with Crippen LogP contribution in [0.2, 0.25) is 0 Å². The first kappa shape index (κ1) is 23.9. The van der Waals surface area contributed by atoms with Crippen molar-refractivity contribution in [2.24, 2.45) is 11.8 Å². The number of hydrogen-bond donors (Lipinski definition) is 0. The fourth-order valence-corrected chi connectivity index (χ4v) is 5.85. The molecule has 1 heterocycles. The number of ether oxygens (including phenoxy) is 3. The van der Waals surface area contributed by atoms with E-state index in [9.17, 15) is 9.59 Å². The molecule has 2 aromatic rings. The summed E-state index contributed by atoms with van der Waals surface area (Å²) in [7, 11) is 0. The summed E-state index contributed by atoms with van der Waals surface area (Å²) in [6, 6.07) is 19.8. The molecule has 2 bridgehead atoms. The van der Waals surface area contributed by atoms with Crippen molar-refractivity contribution in [3.63, 3.8) is 0 Å². The summed E-state index contributed by atoms with van der Waals surface area (Å²) >= 11 is 0. The Morgan fingerprint density at radius 2 is 1.43 bits per heavy atom. The Kier molecular flexibility index (Phi) is 7.67. The Morgan fingerprint density at radius 1 is 0.800 bits per heavy atom. The lowest BCUT2D eigenvalue weighted by atomic mass is 9.85. The van der Waals surface area contributed by atoms with Crippen molar-refractivity contribution in [1.29, 1.82) is 0 Å². The third-order valence-electron chi connectivity index (χ3n) is 7.78. The number of hydrogen-bond acceptors (Lipinski definition) is 5. The summed E-state index contributed by atoms with van der Waals surface area (Å²) in [6.07, 6.45) is 6.68. The molecule has 5 rings (SSSR count). The SMILES string of the molecule is O=C(C[C@H]1CC[C@H](OC2CC3CC2CN3C(=O)OCc2ccccc2)CC1)OCc1ccccc1. The first-order chi connectivity index (χ1) is 17.1. The summed E-state index contributed by atoms with van der Waals surface area (Å²) in [4.78, 5) is 26.7. The van der Waals surface area contributed by atoms with Crippen LogP contribution in [0.5, 0.6) is 0 Å². The van der Waals surface area contributed by atoms with Crippen molar-refractivity contribution in [3.8, 4) is 0 Å². The minimum Gasteiger partial charge on any atom is -0.461 e. The highest BCUT2D eigenvalue weighted by Crippen LogP contribution is 2.42. The quantitative estimate of drug-likeness (QED) is 0.470. The number of fused-ring (bicyclic) bond motifs is 2. The molecule has 1 amide bonds. The van der Waals surface area contributed by atoms with Crippen molar-refractivity contribution >= 4 is 12.1 Å². The average Bonchev–Trinajstić information content (AvgIpc) is 3.49. The number of amides is 1. The molecule has 2 aromatic carbocycles. The zero-order valence-electron chi connectivity index (χ0n) is 20.2. The number of benzene rings is 2. The van der Waals surface area contributed by atoms with Gasteiger partial charge in [-0.1, -0.05) is 60.7 Å². The van der Waals surface area contributed by atoms with Gasteiger partial charge in [-0.3, -0.25) is 4.79 Å². The van der Waals surface area contributed by atoms with E-state index in [-0.39, 0.29) is 30.3 Å². The van der Waals surface area contributed by atoms with Crippen LogP contribution >= 0.6 is 0 Å². The van der Waals surface area contributed by atoms with Crippen LogP contribution in [0.3, 0.4) is 0 Å². The Labute approximate surface area is 207 Å². The predicted octanol–water partition coefficient (Wildman–Crippen LogP) is 5.49. The van der Waals surface area contributed by atoms with Gasteiger partial charge in [0.05, 0.1) is 12.2 Å². The van der Waals surface area contributed by atoms with Crippen LogP contribution in [0.1, 0.15) is 56.1 Å². The second-order valence-electron chi connectivity index (χ2n) is 10.2. The summed E-state index contributed by atoms with van der Waals surface area (Å²) in [6.45, 7) is 1.39. The van der Waals surface area contributed by atoms with Crippen LogP contribution < -0.4 is 0 Å². The van der Waals surface area contributed by atoms with E-state index in [4.69, 9.17) is 14.2 Å². The lowest BCUT2D eigenvalue weighted by molar-refractivity contribution is -0.146. The molecule has 3 aliphatic rings. The molecule has 2 aliphatic carbocycles. The van der Waals surface area contributed by atoms with E-state index >= 15 is 0 Å². The standard InChI is InChI=1S/C29H35NO5/c31-28(33-19-22-7-3-1-4-8-22)15-21-11-13-26(14-12-21)35-27-17-25-16-24(27)18-30(25)29(32)34-20-23-9-5-2-6-10-23/h1-10,21,24-27H,11-20H2/t21-,24?,25?,26-,27?. The Hall–Kier alpha value is -2.86. The summed E-state index contributed by atoms with van der Waals surface area (Å²) in [5.41, 5.74) is 2.03. The lowest BCUT2D eigenvalue weighted by Gasteiger charge is -2.35. The molecule has 3 atom stereocenters. The monoisotopic (exact) mass is 477 g/mol. The largest absolute Gasteiger partial charge is 0.461 e. The molecule has 35 heavy (non-hydrogen) atoms. The minimum absolute atomic E-state index is 0.106. The number of nitrogens with zero attached hydrogens (tertiary/aromatic N) is 1. The molecule has 0 N–H and O–H groups in total. The summed E-state index contributed by atoms with van der Waals surface area (Å²) in [5.74, 6) is 0.675. The van der Waals surface area contributed by atoms with E-state index < -0.39 is 0 Å². The number of carbonyl (C=O) groups excluding carboxylic acids is 2. The molecule has 3 unspecified atom stereocenters. The fraction of sp³-hybridized carbons (Fsp3) is 0.517. The fourth-order valence-electron chi connectivity index (χ4n) is 5.85. The van der Waals surface area contributed by atoms with Gasteiger partial charge in [-0.15, -0.1) is 0 Å². The maximum atomic E-state index is 12.6. The number of carbonyl (C=O) groups is 2. The minimum atomic E-state index is -0.209. The van der Waals surface area contributed by atoms with Gasteiger partial charge in [0, 0.05) is 24.9 Å². The van der Waals surface area contributed by atoms with E-state index in [1.165, 1.54) is 0 Å². The number of likely N-dealkylation sites (tertiary alicyclic amines) is 1. The molecule has 0 spiro atoms. The van der Waals surface area contributed by atoms with Crippen molar-refractivity contribution in [2.75, 3.05) is 6.54 Å². The van der Waals surface area contributed by atoms with Gasteiger partial charge >= 0.3 is 12.1 Å². The topological polar surface area (TPSA) is 65.1 Å². The van der Waals surface area contributed by atoms with Gasteiger partial charge in [-0.05, 0) is 55.6 Å². The molecule has 6 nitrogen and oxygen atoms in total. The normalized spacial score (nSPS) is 27.5. The molecule has 1 saturated heterocycles. The Balaban J connectivity index is 0.990. The van der Waals surface area contributed by atoms with Gasteiger partial charge in [0.2, 0.25) is 0 Å². The average molecular weight is 478 g/mol.